The number of ether oxygens (including phenoxy) is 2. The van der Waals surface area contributed by atoms with Gasteiger partial charge in [-0.1, -0.05) is 6.92 Å². The summed E-state index contributed by atoms with van der Waals surface area (Å²) >= 11 is 0. The quantitative estimate of drug-likeness (QED) is 0.869. The van der Waals surface area contributed by atoms with E-state index in [9.17, 15) is 5.11 Å². The summed E-state index contributed by atoms with van der Waals surface area (Å²) in [6.07, 6.45) is 5.14. The molecule has 2 atom stereocenters. The molecular weight excluding hydrogens is 242 g/mol. The first-order valence-corrected chi connectivity index (χ1v) is 7.24. The zero-order valence-electron chi connectivity index (χ0n) is 11.4. The maximum absolute atomic E-state index is 10.1. The van der Waals surface area contributed by atoms with Gasteiger partial charge in [0.2, 0.25) is 6.79 Å². The molecule has 2 N–H and O–H groups in total. The Morgan fingerprint density at radius 2 is 2.05 bits per heavy atom. The Bertz CT molecular complexity index is 461. The Morgan fingerprint density at radius 3 is 2.84 bits per heavy atom. The number of phenolic OH excluding ortho intramolecular Hbond substituents is 1. The molecule has 0 radical (unpaired) electrons. The van der Waals surface area contributed by atoms with Gasteiger partial charge in [0, 0.05) is 6.07 Å². The van der Waals surface area contributed by atoms with Gasteiger partial charge in [0.1, 0.15) is 12.3 Å². The highest BCUT2D eigenvalue weighted by Crippen LogP contribution is 2.37. The fraction of sp³-hybridized carbons (Fsp3) is 0.600. The molecule has 0 saturated carbocycles. The first-order chi connectivity index (χ1) is 9.28. The predicted molar refractivity (Wildman–Crippen MR) is 71.7 cm³/mol. The first-order valence-electron chi connectivity index (χ1n) is 7.24. The average molecular weight is 264 g/mol. The van der Waals surface area contributed by atoms with Crippen LogP contribution in [-0.4, -0.2) is 24.5 Å². The summed E-state index contributed by atoms with van der Waals surface area (Å²) in [5.41, 5.74) is 0.972. The van der Waals surface area contributed by atoms with E-state index < -0.39 is 0 Å². The highest BCUT2D eigenvalue weighted by atomic mass is 16.7. The van der Waals surface area contributed by atoms with Gasteiger partial charge in [0.25, 0.3) is 0 Å². The maximum atomic E-state index is 10.1. The number of hydrogen-bond acceptors (Lipinski definition) is 3. The number of fused-ring (bicyclic) bond motifs is 1. The van der Waals surface area contributed by atoms with Gasteiger partial charge in [-0.2, -0.15) is 0 Å². The third-order valence-electron chi connectivity index (χ3n) is 4.36. The molecule has 2 heterocycles. The van der Waals surface area contributed by atoms with Gasteiger partial charge in [-0.05, 0) is 31.7 Å². The van der Waals surface area contributed by atoms with E-state index in [2.05, 4.69) is 6.92 Å². The van der Waals surface area contributed by atoms with Crippen LogP contribution in [0.3, 0.4) is 0 Å². The molecule has 0 aliphatic carbocycles. The van der Waals surface area contributed by atoms with Crippen LogP contribution >= 0.6 is 0 Å². The standard InChI is InChI=1S/C15H21NO3/c1-2-12-5-3-4-6-16(12)9-11-7-14-15(8-13(11)17)19-10-18-14/h7-8,12,17H,2-6,9-10H2,1H3/p+1/t12-/m1/s1. The van der Waals surface area contributed by atoms with Crippen LogP contribution in [-0.2, 0) is 6.54 Å². The smallest absolute Gasteiger partial charge is 0.231 e. The van der Waals surface area contributed by atoms with Crippen molar-refractivity contribution in [3.05, 3.63) is 17.7 Å². The topological polar surface area (TPSA) is 43.1 Å². The molecule has 104 valence electrons. The average Bonchev–Trinajstić information content (AvgIpc) is 2.87. The van der Waals surface area contributed by atoms with Crippen molar-refractivity contribution < 1.29 is 19.5 Å². The summed E-state index contributed by atoms with van der Waals surface area (Å²) < 4.78 is 10.7. The van der Waals surface area contributed by atoms with Crippen LogP contribution < -0.4 is 14.4 Å². The van der Waals surface area contributed by atoms with E-state index in [0.29, 0.717) is 11.5 Å². The van der Waals surface area contributed by atoms with E-state index in [1.165, 1.54) is 32.2 Å². The van der Waals surface area contributed by atoms with Crippen LogP contribution in [0.4, 0.5) is 0 Å². The number of benzene rings is 1. The van der Waals surface area contributed by atoms with Crippen molar-refractivity contribution in [1.29, 1.82) is 0 Å². The normalized spacial score (nSPS) is 25.5. The lowest BCUT2D eigenvalue weighted by molar-refractivity contribution is -0.944. The van der Waals surface area contributed by atoms with Crippen molar-refractivity contribution in [2.24, 2.45) is 0 Å². The first kappa shape index (κ1) is 12.6. The molecule has 1 unspecified atom stereocenters. The minimum atomic E-state index is 0.256. The number of aromatic hydroxyl groups is 1. The van der Waals surface area contributed by atoms with Crippen molar-refractivity contribution in [3.63, 3.8) is 0 Å². The van der Waals surface area contributed by atoms with Crippen LogP contribution in [0.15, 0.2) is 12.1 Å². The largest absolute Gasteiger partial charge is 0.507 e. The monoisotopic (exact) mass is 264 g/mol. The van der Waals surface area contributed by atoms with Gasteiger partial charge in [0.15, 0.2) is 11.5 Å². The molecule has 0 spiro atoms. The SMILES string of the molecule is CC[C@@H]1CCCC[NH+]1Cc1cc2c(cc1O)OCO2. The molecule has 0 bridgehead atoms. The van der Waals surface area contributed by atoms with Gasteiger partial charge in [0.05, 0.1) is 18.2 Å². The Hall–Kier alpha value is -1.42. The predicted octanol–water partition coefficient (Wildman–Crippen LogP) is 1.47. The van der Waals surface area contributed by atoms with E-state index in [1.807, 2.05) is 6.07 Å². The van der Waals surface area contributed by atoms with Crippen molar-refractivity contribution in [3.8, 4) is 17.2 Å². The minimum Gasteiger partial charge on any atom is -0.507 e. The second-order valence-electron chi connectivity index (χ2n) is 5.52. The van der Waals surface area contributed by atoms with Crippen LogP contribution in [0, 0.1) is 0 Å². The number of rotatable bonds is 3. The van der Waals surface area contributed by atoms with Crippen molar-refractivity contribution >= 4 is 0 Å². The summed E-state index contributed by atoms with van der Waals surface area (Å²) in [4.78, 5) is 1.59. The van der Waals surface area contributed by atoms with E-state index in [-0.39, 0.29) is 6.79 Å². The van der Waals surface area contributed by atoms with Crippen LogP contribution in [0.1, 0.15) is 38.2 Å². The number of hydrogen-bond donors (Lipinski definition) is 2. The molecule has 0 aromatic heterocycles. The molecule has 2 aliphatic heterocycles. The Balaban J connectivity index is 1.78. The zero-order chi connectivity index (χ0) is 13.2. The molecule has 1 fully saturated rings. The molecule has 19 heavy (non-hydrogen) atoms. The molecular formula is C15H22NO3+. The van der Waals surface area contributed by atoms with Crippen LogP contribution in [0.2, 0.25) is 0 Å². The van der Waals surface area contributed by atoms with Gasteiger partial charge < -0.3 is 19.5 Å². The maximum Gasteiger partial charge on any atom is 0.231 e. The summed E-state index contributed by atoms with van der Waals surface area (Å²) in [5, 5.41) is 10.1. The Kier molecular flexibility index (Phi) is 3.51. The number of nitrogens with one attached hydrogen (secondary N) is 1. The van der Waals surface area contributed by atoms with Crippen LogP contribution in [0.25, 0.3) is 0 Å². The number of quaternary nitrogens is 1. The van der Waals surface area contributed by atoms with E-state index >= 15 is 0 Å². The third-order valence-corrected chi connectivity index (χ3v) is 4.36. The lowest BCUT2D eigenvalue weighted by Gasteiger charge is -2.32. The second-order valence-corrected chi connectivity index (χ2v) is 5.52. The zero-order valence-corrected chi connectivity index (χ0v) is 11.4. The van der Waals surface area contributed by atoms with Gasteiger partial charge in [-0.3, -0.25) is 0 Å². The highest BCUT2D eigenvalue weighted by Gasteiger charge is 2.26. The molecule has 4 nitrogen and oxygen atoms in total. The second kappa shape index (κ2) is 5.29. The molecule has 3 rings (SSSR count). The number of piperidine rings is 1. The van der Waals surface area contributed by atoms with E-state index in [0.717, 1.165) is 23.9 Å². The van der Waals surface area contributed by atoms with E-state index in [4.69, 9.17) is 9.47 Å². The lowest BCUT2D eigenvalue weighted by Crippen LogP contribution is -3.15. The van der Waals surface area contributed by atoms with Crippen molar-refractivity contribution in [2.75, 3.05) is 13.3 Å². The van der Waals surface area contributed by atoms with Gasteiger partial charge >= 0.3 is 0 Å². The minimum absolute atomic E-state index is 0.256. The summed E-state index contributed by atoms with van der Waals surface area (Å²) in [6, 6.07) is 4.34. The third kappa shape index (κ3) is 2.50. The molecule has 1 saturated heterocycles. The van der Waals surface area contributed by atoms with Crippen molar-refractivity contribution in [1.82, 2.24) is 0 Å². The molecule has 0 amide bonds. The molecule has 4 heteroatoms. The summed E-state index contributed by atoms with van der Waals surface area (Å²) in [5.74, 6) is 1.75. The van der Waals surface area contributed by atoms with Gasteiger partial charge in [-0.25, -0.2) is 0 Å². The molecule has 1 aromatic carbocycles. The fourth-order valence-corrected chi connectivity index (χ4v) is 3.24. The van der Waals surface area contributed by atoms with Crippen LogP contribution in [0.5, 0.6) is 17.2 Å². The summed E-state index contributed by atoms with van der Waals surface area (Å²) in [7, 11) is 0. The van der Waals surface area contributed by atoms with E-state index in [1.54, 1.807) is 11.0 Å². The number of phenols is 1. The highest BCUT2D eigenvalue weighted by molar-refractivity contribution is 5.50. The number of likely N-dealkylation sites (tertiary alicyclic amines) is 1. The van der Waals surface area contributed by atoms with Gasteiger partial charge in [-0.15, -0.1) is 0 Å². The Labute approximate surface area is 113 Å². The molecule has 2 aliphatic rings. The fourth-order valence-electron chi connectivity index (χ4n) is 3.24. The Morgan fingerprint density at radius 1 is 1.26 bits per heavy atom. The van der Waals surface area contributed by atoms with Crippen molar-refractivity contribution in [2.45, 2.75) is 45.2 Å². The molecule has 1 aromatic rings. The lowest BCUT2D eigenvalue weighted by atomic mass is 9.99. The summed E-state index contributed by atoms with van der Waals surface area (Å²) in [6.45, 7) is 4.59.